The summed E-state index contributed by atoms with van der Waals surface area (Å²) in [7, 11) is 0. The summed E-state index contributed by atoms with van der Waals surface area (Å²) < 4.78 is 10.9. The Hall–Kier alpha value is -4.95. The van der Waals surface area contributed by atoms with Crippen molar-refractivity contribution in [1.29, 1.82) is 0 Å². The van der Waals surface area contributed by atoms with Gasteiger partial charge in [0, 0.05) is 49.1 Å². The molecule has 0 bridgehead atoms. The van der Waals surface area contributed by atoms with E-state index in [2.05, 4.69) is 72.5 Å². The van der Waals surface area contributed by atoms with Crippen molar-refractivity contribution in [3.63, 3.8) is 0 Å². The van der Waals surface area contributed by atoms with Gasteiger partial charge in [-0.2, -0.15) is 0 Å². The Morgan fingerprint density at radius 3 is 1.44 bits per heavy atom. The second kappa shape index (κ2) is 19.4. The molecular formula is C53H69N3O5. The van der Waals surface area contributed by atoms with Crippen LogP contribution in [0.1, 0.15) is 114 Å². The number of rotatable bonds is 5. The second-order valence-corrected chi connectivity index (χ2v) is 20.1. The molecule has 2 amide bonds. The number of piperidine rings is 1. The van der Waals surface area contributed by atoms with Crippen molar-refractivity contribution in [2.45, 2.75) is 118 Å². The van der Waals surface area contributed by atoms with Crippen molar-refractivity contribution >= 4 is 18.5 Å². The molecule has 4 fully saturated rings. The summed E-state index contributed by atoms with van der Waals surface area (Å²) in [6.45, 7) is 22.4. The molecule has 3 saturated heterocycles. The highest BCUT2D eigenvalue weighted by Gasteiger charge is 2.48. The van der Waals surface area contributed by atoms with E-state index in [4.69, 9.17) is 9.47 Å². The highest BCUT2D eigenvalue weighted by Crippen LogP contribution is 2.44. The van der Waals surface area contributed by atoms with Gasteiger partial charge < -0.3 is 19.3 Å². The molecule has 61 heavy (non-hydrogen) atoms. The summed E-state index contributed by atoms with van der Waals surface area (Å²) in [6.07, 6.45) is 9.55. The first kappa shape index (κ1) is 45.6. The third kappa shape index (κ3) is 12.6. The van der Waals surface area contributed by atoms with Crippen molar-refractivity contribution < 1.29 is 23.9 Å². The fraction of sp³-hybridized carbons (Fsp3) is 0.491. The first-order chi connectivity index (χ1) is 28.9. The number of hydrogen-bond donors (Lipinski definition) is 0. The number of carbonyl (C=O) groups is 3. The summed E-state index contributed by atoms with van der Waals surface area (Å²) >= 11 is 0. The van der Waals surface area contributed by atoms with E-state index in [1.54, 1.807) is 0 Å². The lowest BCUT2D eigenvalue weighted by Gasteiger charge is -2.53. The maximum atomic E-state index is 12.2. The molecule has 1 aliphatic carbocycles. The van der Waals surface area contributed by atoms with Crippen molar-refractivity contribution in [3.05, 3.63) is 119 Å². The average molecular weight is 828 g/mol. The van der Waals surface area contributed by atoms with Crippen LogP contribution in [0.15, 0.2) is 97.1 Å². The molecule has 326 valence electrons. The molecule has 3 aliphatic heterocycles. The Morgan fingerprint density at radius 2 is 1.02 bits per heavy atom. The van der Waals surface area contributed by atoms with E-state index in [0.717, 1.165) is 81.6 Å². The normalized spacial score (nSPS) is 18.0. The fourth-order valence-corrected chi connectivity index (χ4v) is 9.10. The summed E-state index contributed by atoms with van der Waals surface area (Å²) in [5.74, 6) is 0. The van der Waals surface area contributed by atoms with Gasteiger partial charge in [-0.05, 0) is 133 Å². The fourth-order valence-electron chi connectivity index (χ4n) is 9.10. The van der Waals surface area contributed by atoms with Crippen molar-refractivity contribution in [2.75, 3.05) is 39.3 Å². The number of ether oxygens (including phenoxy) is 2. The molecule has 2 spiro atoms. The van der Waals surface area contributed by atoms with Crippen LogP contribution in [0.3, 0.4) is 0 Å². The quantitative estimate of drug-likeness (QED) is 0.186. The standard InChI is InChI=1S/C26H34N2O2.C14H12O.C13H23NO2/c1-20-16-22(21-8-6-5-7-9-21)10-11-23(20)17-27-14-12-26(13-15-27)18-28(19-26)24(29)30-25(2,3)4;1-11-9-13(7-8-14(11)10-15)12-5-3-2-4-6-12;1-12(2,3)16-11(15)14-9-13(10-14)7-5-4-6-8-13/h5-11,16H,12-15,17-19H2,1-4H3;2-10H,1H3;4-10H2,1-3H3. The van der Waals surface area contributed by atoms with Gasteiger partial charge in [0.2, 0.25) is 0 Å². The Morgan fingerprint density at radius 1 is 0.574 bits per heavy atom. The topological polar surface area (TPSA) is 79.4 Å². The van der Waals surface area contributed by atoms with E-state index in [1.807, 2.05) is 94.7 Å². The average Bonchev–Trinajstić information content (AvgIpc) is 3.20. The molecule has 3 heterocycles. The Balaban J connectivity index is 0.000000169. The number of likely N-dealkylation sites (tertiary alicyclic amines) is 3. The molecule has 0 radical (unpaired) electrons. The molecule has 8 nitrogen and oxygen atoms in total. The summed E-state index contributed by atoms with van der Waals surface area (Å²) in [4.78, 5) is 41.0. The molecule has 8 heteroatoms. The molecule has 1 saturated carbocycles. The zero-order chi connectivity index (χ0) is 43.8. The smallest absolute Gasteiger partial charge is 0.410 e. The van der Waals surface area contributed by atoms with Gasteiger partial charge in [-0.1, -0.05) is 116 Å². The number of nitrogens with zero attached hydrogens (tertiary/aromatic N) is 3. The van der Waals surface area contributed by atoms with Crippen molar-refractivity contribution in [3.8, 4) is 22.3 Å². The SMILES string of the molecule is CC(C)(C)OC(=O)N1CC2(CCCCC2)C1.Cc1cc(-c2ccccc2)ccc1C=O.Cc1cc(-c2ccccc2)ccc1CN1CCC2(CC1)CN(C(=O)OC(C)(C)C)C2. The van der Waals surface area contributed by atoms with Crippen LogP contribution in [-0.2, 0) is 16.0 Å². The van der Waals surface area contributed by atoms with E-state index in [-0.39, 0.29) is 17.8 Å². The minimum absolute atomic E-state index is 0.135. The van der Waals surface area contributed by atoms with Gasteiger partial charge in [0.25, 0.3) is 0 Å². The summed E-state index contributed by atoms with van der Waals surface area (Å²) in [6, 6.07) is 33.4. The third-order valence-electron chi connectivity index (χ3n) is 12.6. The number of aldehydes is 1. The summed E-state index contributed by atoms with van der Waals surface area (Å²) in [5.41, 5.74) is 9.40. The predicted octanol–water partition coefficient (Wildman–Crippen LogP) is 12.2. The van der Waals surface area contributed by atoms with E-state index >= 15 is 0 Å². The van der Waals surface area contributed by atoms with Crippen LogP contribution in [0.5, 0.6) is 0 Å². The number of amides is 2. The molecule has 0 atom stereocenters. The van der Waals surface area contributed by atoms with E-state index in [0.29, 0.717) is 10.8 Å². The summed E-state index contributed by atoms with van der Waals surface area (Å²) in [5, 5.41) is 0. The first-order valence-electron chi connectivity index (χ1n) is 22.4. The van der Waals surface area contributed by atoms with Gasteiger partial charge in [0.1, 0.15) is 17.5 Å². The number of carbonyl (C=O) groups excluding carboxylic acids is 3. The first-order valence-corrected chi connectivity index (χ1v) is 22.4. The second-order valence-electron chi connectivity index (χ2n) is 20.1. The molecule has 0 N–H and O–H groups in total. The van der Waals surface area contributed by atoms with Gasteiger partial charge >= 0.3 is 12.2 Å². The molecule has 0 aromatic heterocycles. The maximum Gasteiger partial charge on any atom is 0.410 e. The van der Waals surface area contributed by atoms with Crippen LogP contribution in [-0.4, -0.2) is 83.6 Å². The number of hydrogen-bond acceptors (Lipinski definition) is 6. The van der Waals surface area contributed by atoms with E-state index in [1.165, 1.54) is 59.9 Å². The van der Waals surface area contributed by atoms with Crippen molar-refractivity contribution in [1.82, 2.24) is 14.7 Å². The lowest BCUT2D eigenvalue weighted by Crippen LogP contribution is -2.62. The highest BCUT2D eigenvalue weighted by atomic mass is 16.6. The Kier molecular flexibility index (Phi) is 14.5. The van der Waals surface area contributed by atoms with Gasteiger partial charge in [-0.3, -0.25) is 9.69 Å². The minimum Gasteiger partial charge on any atom is -0.444 e. The van der Waals surface area contributed by atoms with Crippen LogP contribution in [0.25, 0.3) is 22.3 Å². The zero-order valence-corrected chi connectivity index (χ0v) is 38.1. The Bertz CT molecular complexity index is 2070. The molecule has 4 aromatic carbocycles. The van der Waals surface area contributed by atoms with Crippen LogP contribution < -0.4 is 0 Å². The third-order valence-corrected chi connectivity index (χ3v) is 12.6. The van der Waals surface area contributed by atoms with Crippen LogP contribution in [0, 0.1) is 24.7 Å². The maximum absolute atomic E-state index is 12.2. The van der Waals surface area contributed by atoms with Gasteiger partial charge in [-0.15, -0.1) is 0 Å². The molecule has 4 aliphatic rings. The monoisotopic (exact) mass is 828 g/mol. The highest BCUT2D eigenvalue weighted by molar-refractivity contribution is 5.79. The van der Waals surface area contributed by atoms with Crippen molar-refractivity contribution in [2.24, 2.45) is 10.8 Å². The Labute approximate surface area is 365 Å². The van der Waals surface area contributed by atoms with Crippen LogP contribution in [0.4, 0.5) is 9.59 Å². The lowest BCUT2D eigenvalue weighted by atomic mass is 9.69. The predicted molar refractivity (Wildman–Crippen MR) is 247 cm³/mol. The number of benzene rings is 4. The largest absolute Gasteiger partial charge is 0.444 e. The minimum atomic E-state index is -0.420. The van der Waals surface area contributed by atoms with Gasteiger partial charge in [0.05, 0.1) is 0 Å². The van der Waals surface area contributed by atoms with E-state index < -0.39 is 5.60 Å². The zero-order valence-electron chi connectivity index (χ0n) is 38.1. The molecule has 4 aromatic rings. The van der Waals surface area contributed by atoms with Crippen LogP contribution in [0.2, 0.25) is 0 Å². The molecular weight excluding hydrogens is 759 g/mol. The lowest BCUT2D eigenvalue weighted by molar-refractivity contribution is -0.0601. The van der Waals surface area contributed by atoms with Gasteiger partial charge in [0.15, 0.2) is 0 Å². The van der Waals surface area contributed by atoms with Gasteiger partial charge in [-0.25, -0.2) is 9.59 Å². The molecule has 8 rings (SSSR count). The van der Waals surface area contributed by atoms with Crippen LogP contribution >= 0.6 is 0 Å². The molecule has 0 unspecified atom stereocenters. The van der Waals surface area contributed by atoms with E-state index in [9.17, 15) is 14.4 Å². The number of aryl methyl sites for hydroxylation is 2.